The Balaban J connectivity index is 2.22. The molecule has 0 aliphatic heterocycles. The van der Waals surface area contributed by atoms with Crippen LogP contribution in [0.5, 0.6) is 0 Å². The first-order chi connectivity index (χ1) is 8.78. The first kappa shape index (κ1) is 10.8. The van der Waals surface area contributed by atoms with E-state index in [0.717, 1.165) is 40.4 Å². The van der Waals surface area contributed by atoms with E-state index in [9.17, 15) is 0 Å². The summed E-state index contributed by atoms with van der Waals surface area (Å²) in [6, 6.07) is 5.86. The molecule has 0 fully saturated rings. The van der Waals surface area contributed by atoms with Crippen molar-refractivity contribution >= 4 is 11.2 Å². The van der Waals surface area contributed by atoms with E-state index in [1.807, 2.05) is 25.1 Å². The lowest BCUT2D eigenvalue weighted by Crippen LogP contribution is -1.98. The van der Waals surface area contributed by atoms with Gasteiger partial charge < -0.3 is 4.98 Å². The third-order valence-corrected chi connectivity index (χ3v) is 2.84. The second-order valence-electron chi connectivity index (χ2n) is 4.16. The molecule has 0 aromatic carbocycles. The fourth-order valence-corrected chi connectivity index (χ4v) is 1.95. The standard InChI is InChI=1S/C13H13N5/c1-3-10-9(7-8(2)17-18-10)12-15-11-5-4-6-14-13(11)16-12/h4-7H,3H2,1-2H3,(H,14,15,16). The minimum Gasteiger partial charge on any atom is -0.337 e. The van der Waals surface area contributed by atoms with E-state index < -0.39 is 0 Å². The average Bonchev–Trinajstić information content (AvgIpc) is 2.82. The van der Waals surface area contributed by atoms with Crippen molar-refractivity contribution in [1.82, 2.24) is 25.1 Å². The predicted octanol–water partition coefficient (Wildman–Crippen LogP) is 2.29. The SMILES string of the molecule is CCc1nnc(C)cc1-c1nc2ncccc2[nH]1. The maximum absolute atomic E-state index is 4.50. The molecule has 3 heterocycles. The zero-order valence-corrected chi connectivity index (χ0v) is 10.3. The Bertz CT molecular complexity index is 668. The highest BCUT2D eigenvalue weighted by atomic mass is 15.1. The first-order valence-electron chi connectivity index (χ1n) is 5.92. The van der Waals surface area contributed by atoms with Gasteiger partial charge in [-0.1, -0.05) is 6.92 Å². The molecule has 5 nitrogen and oxygen atoms in total. The average molecular weight is 239 g/mol. The lowest BCUT2D eigenvalue weighted by molar-refractivity contribution is 0.893. The number of aromatic amines is 1. The van der Waals surface area contributed by atoms with Gasteiger partial charge in [-0.05, 0) is 31.5 Å². The molecule has 3 aromatic rings. The summed E-state index contributed by atoms with van der Waals surface area (Å²) in [6.45, 7) is 3.99. The van der Waals surface area contributed by atoms with E-state index in [1.165, 1.54) is 0 Å². The number of imidazole rings is 1. The van der Waals surface area contributed by atoms with E-state index in [2.05, 4.69) is 32.1 Å². The van der Waals surface area contributed by atoms with Crippen molar-refractivity contribution in [3.63, 3.8) is 0 Å². The van der Waals surface area contributed by atoms with Gasteiger partial charge in [-0.15, -0.1) is 0 Å². The zero-order chi connectivity index (χ0) is 12.5. The molecule has 0 atom stereocenters. The van der Waals surface area contributed by atoms with Crippen molar-refractivity contribution in [3.05, 3.63) is 35.8 Å². The Morgan fingerprint density at radius 3 is 2.94 bits per heavy atom. The monoisotopic (exact) mass is 239 g/mol. The molecule has 90 valence electrons. The second kappa shape index (κ2) is 4.18. The molecule has 0 amide bonds. The van der Waals surface area contributed by atoms with Gasteiger partial charge in [0, 0.05) is 11.8 Å². The van der Waals surface area contributed by atoms with Crippen LogP contribution < -0.4 is 0 Å². The summed E-state index contributed by atoms with van der Waals surface area (Å²) in [5, 5.41) is 8.30. The summed E-state index contributed by atoms with van der Waals surface area (Å²) in [7, 11) is 0. The molecular weight excluding hydrogens is 226 g/mol. The molecule has 0 unspecified atom stereocenters. The lowest BCUT2D eigenvalue weighted by Gasteiger charge is -2.03. The van der Waals surface area contributed by atoms with Crippen molar-refractivity contribution in [2.45, 2.75) is 20.3 Å². The summed E-state index contributed by atoms with van der Waals surface area (Å²) >= 11 is 0. The largest absolute Gasteiger partial charge is 0.337 e. The minimum atomic E-state index is 0.726. The number of H-pyrrole nitrogens is 1. The first-order valence-corrected chi connectivity index (χ1v) is 5.92. The molecule has 0 radical (unpaired) electrons. The molecule has 3 aromatic heterocycles. The fourth-order valence-electron chi connectivity index (χ4n) is 1.95. The van der Waals surface area contributed by atoms with Crippen LogP contribution in [0, 0.1) is 6.92 Å². The Kier molecular flexibility index (Phi) is 2.51. The van der Waals surface area contributed by atoms with Crippen LogP contribution >= 0.6 is 0 Å². The van der Waals surface area contributed by atoms with Crippen molar-refractivity contribution in [2.75, 3.05) is 0 Å². The lowest BCUT2D eigenvalue weighted by atomic mass is 10.1. The quantitative estimate of drug-likeness (QED) is 0.745. The molecule has 0 saturated carbocycles. The van der Waals surface area contributed by atoms with E-state index in [1.54, 1.807) is 6.20 Å². The van der Waals surface area contributed by atoms with Gasteiger partial charge in [0.1, 0.15) is 5.82 Å². The highest BCUT2D eigenvalue weighted by molar-refractivity contribution is 5.76. The Labute approximate surface area is 104 Å². The summed E-state index contributed by atoms with van der Waals surface area (Å²) in [5.74, 6) is 0.804. The third-order valence-electron chi connectivity index (χ3n) is 2.84. The zero-order valence-electron chi connectivity index (χ0n) is 10.3. The molecule has 5 heteroatoms. The molecule has 0 saturated heterocycles. The summed E-state index contributed by atoms with van der Waals surface area (Å²) in [5.41, 5.74) is 4.49. The summed E-state index contributed by atoms with van der Waals surface area (Å²) < 4.78 is 0. The summed E-state index contributed by atoms with van der Waals surface area (Å²) in [4.78, 5) is 12.0. The van der Waals surface area contributed by atoms with Gasteiger partial charge in [0.25, 0.3) is 0 Å². The molecule has 18 heavy (non-hydrogen) atoms. The van der Waals surface area contributed by atoms with Gasteiger partial charge in [-0.2, -0.15) is 10.2 Å². The number of aryl methyl sites for hydroxylation is 2. The molecular formula is C13H13N5. The number of pyridine rings is 1. The van der Waals surface area contributed by atoms with Gasteiger partial charge in [0.2, 0.25) is 0 Å². The van der Waals surface area contributed by atoms with Crippen LogP contribution in [0.25, 0.3) is 22.6 Å². The molecule has 0 bridgehead atoms. The number of nitrogens with zero attached hydrogens (tertiary/aromatic N) is 4. The number of hydrogen-bond donors (Lipinski definition) is 1. The molecule has 1 N–H and O–H groups in total. The van der Waals surface area contributed by atoms with Gasteiger partial charge in [0.05, 0.1) is 16.9 Å². The van der Waals surface area contributed by atoms with Crippen molar-refractivity contribution in [1.29, 1.82) is 0 Å². The number of hydrogen-bond acceptors (Lipinski definition) is 4. The van der Waals surface area contributed by atoms with Crippen LogP contribution in [0.15, 0.2) is 24.4 Å². The van der Waals surface area contributed by atoms with Crippen molar-refractivity contribution < 1.29 is 0 Å². The van der Waals surface area contributed by atoms with Gasteiger partial charge in [-0.3, -0.25) is 0 Å². The number of nitrogens with one attached hydrogen (secondary N) is 1. The van der Waals surface area contributed by atoms with Crippen LogP contribution in [0.4, 0.5) is 0 Å². The second-order valence-corrected chi connectivity index (χ2v) is 4.16. The highest BCUT2D eigenvalue weighted by Gasteiger charge is 2.11. The van der Waals surface area contributed by atoms with Gasteiger partial charge >= 0.3 is 0 Å². The minimum absolute atomic E-state index is 0.726. The summed E-state index contributed by atoms with van der Waals surface area (Å²) in [6.07, 6.45) is 2.57. The van der Waals surface area contributed by atoms with E-state index in [4.69, 9.17) is 0 Å². The number of rotatable bonds is 2. The van der Waals surface area contributed by atoms with Crippen LogP contribution in [-0.4, -0.2) is 25.1 Å². The number of fused-ring (bicyclic) bond motifs is 1. The topological polar surface area (TPSA) is 67.3 Å². The predicted molar refractivity (Wildman–Crippen MR) is 69.0 cm³/mol. The Hall–Kier alpha value is -2.30. The van der Waals surface area contributed by atoms with E-state index >= 15 is 0 Å². The molecule has 3 rings (SSSR count). The van der Waals surface area contributed by atoms with Crippen molar-refractivity contribution in [3.8, 4) is 11.4 Å². The maximum atomic E-state index is 4.50. The number of aromatic nitrogens is 5. The van der Waals surface area contributed by atoms with Gasteiger partial charge in [-0.25, -0.2) is 9.97 Å². The van der Waals surface area contributed by atoms with E-state index in [0.29, 0.717) is 0 Å². The molecule has 0 spiro atoms. The molecule has 0 aliphatic rings. The van der Waals surface area contributed by atoms with Crippen LogP contribution in [0.3, 0.4) is 0 Å². The van der Waals surface area contributed by atoms with Crippen LogP contribution in [-0.2, 0) is 6.42 Å². The van der Waals surface area contributed by atoms with E-state index in [-0.39, 0.29) is 0 Å². The molecule has 0 aliphatic carbocycles. The highest BCUT2D eigenvalue weighted by Crippen LogP contribution is 2.22. The maximum Gasteiger partial charge on any atom is 0.178 e. The van der Waals surface area contributed by atoms with Crippen molar-refractivity contribution in [2.24, 2.45) is 0 Å². The van der Waals surface area contributed by atoms with Crippen LogP contribution in [0.2, 0.25) is 0 Å². The fraction of sp³-hybridized carbons (Fsp3) is 0.231. The normalized spacial score (nSPS) is 11.0. The Morgan fingerprint density at radius 1 is 1.28 bits per heavy atom. The Morgan fingerprint density at radius 2 is 2.17 bits per heavy atom. The van der Waals surface area contributed by atoms with Gasteiger partial charge in [0.15, 0.2) is 5.65 Å². The smallest absolute Gasteiger partial charge is 0.178 e. The van der Waals surface area contributed by atoms with Crippen LogP contribution in [0.1, 0.15) is 18.3 Å². The third kappa shape index (κ3) is 1.73.